The Morgan fingerprint density at radius 2 is 2.18 bits per heavy atom. The second-order valence-corrected chi connectivity index (χ2v) is 5.01. The first-order valence-corrected chi connectivity index (χ1v) is 6.40. The molecule has 1 aliphatic rings. The van der Waals surface area contributed by atoms with Gasteiger partial charge in [0.05, 0.1) is 12.2 Å². The zero-order valence-corrected chi connectivity index (χ0v) is 10.7. The fourth-order valence-electron chi connectivity index (χ4n) is 2.53. The molecule has 4 heteroatoms. The van der Waals surface area contributed by atoms with Gasteiger partial charge in [0, 0.05) is 26.2 Å². The van der Waals surface area contributed by atoms with Gasteiger partial charge in [-0.2, -0.15) is 5.10 Å². The lowest BCUT2D eigenvalue weighted by Gasteiger charge is -2.25. The summed E-state index contributed by atoms with van der Waals surface area (Å²) in [5.41, 5.74) is 0.958. The fourth-order valence-corrected chi connectivity index (χ4v) is 2.53. The van der Waals surface area contributed by atoms with E-state index in [1.165, 1.54) is 19.3 Å². The largest absolute Gasteiger partial charge is 0.340 e. The minimum atomic E-state index is 0.248. The Labute approximate surface area is 103 Å². The monoisotopic (exact) mass is 235 g/mol. The standard InChI is InChI=1S/C13H21N3O/c1-15(10-12-8-9-16(2)14-12)13(17)11-6-4-3-5-7-11/h8-9,11H,3-7,10H2,1-2H3. The van der Waals surface area contributed by atoms with Crippen molar-refractivity contribution in [3.63, 3.8) is 0 Å². The molecule has 0 unspecified atom stereocenters. The summed E-state index contributed by atoms with van der Waals surface area (Å²) in [5, 5.41) is 4.30. The normalized spacial score (nSPS) is 17.1. The second kappa shape index (κ2) is 5.34. The summed E-state index contributed by atoms with van der Waals surface area (Å²) in [6.07, 6.45) is 7.72. The van der Waals surface area contributed by atoms with E-state index in [2.05, 4.69) is 5.10 Å². The van der Waals surface area contributed by atoms with E-state index in [1.807, 2.05) is 31.3 Å². The zero-order chi connectivity index (χ0) is 12.3. The summed E-state index contributed by atoms with van der Waals surface area (Å²) in [6.45, 7) is 0.621. The van der Waals surface area contributed by atoms with Crippen molar-refractivity contribution in [2.24, 2.45) is 13.0 Å². The highest BCUT2D eigenvalue weighted by molar-refractivity contribution is 5.78. The highest BCUT2D eigenvalue weighted by atomic mass is 16.2. The van der Waals surface area contributed by atoms with Gasteiger partial charge in [-0.05, 0) is 18.9 Å². The van der Waals surface area contributed by atoms with Crippen LogP contribution < -0.4 is 0 Å². The SMILES string of the molecule is CN(Cc1ccn(C)n1)C(=O)C1CCCCC1. The van der Waals surface area contributed by atoms with Gasteiger partial charge in [-0.1, -0.05) is 19.3 Å². The van der Waals surface area contributed by atoms with Gasteiger partial charge in [0.15, 0.2) is 0 Å². The summed E-state index contributed by atoms with van der Waals surface area (Å²) in [6, 6.07) is 1.96. The summed E-state index contributed by atoms with van der Waals surface area (Å²) >= 11 is 0. The van der Waals surface area contributed by atoms with Crippen molar-refractivity contribution in [3.8, 4) is 0 Å². The van der Waals surface area contributed by atoms with Gasteiger partial charge in [-0.25, -0.2) is 0 Å². The van der Waals surface area contributed by atoms with Gasteiger partial charge in [-0.15, -0.1) is 0 Å². The molecule has 1 aromatic heterocycles. The van der Waals surface area contributed by atoms with Crippen LogP contribution in [0.15, 0.2) is 12.3 Å². The Hall–Kier alpha value is -1.32. The molecule has 0 atom stereocenters. The average Bonchev–Trinajstić information content (AvgIpc) is 2.75. The summed E-state index contributed by atoms with van der Waals surface area (Å²) < 4.78 is 1.77. The average molecular weight is 235 g/mol. The van der Waals surface area contributed by atoms with Crippen molar-refractivity contribution in [2.75, 3.05) is 7.05 Å². The van der Waals surface area contributed by atoms with E-state index in [4.69, 9.17) is 0 Å². The molecule has 0 N–H and O–H groups in total. The van der Waals surface area contributed by atoms with Crippen LogP contribution in [-0.2, 0) is 18.4 Å². The van der Waals surface area contributed by atoms with E-state index >= 15 is 0 Å². The molecule has 0 radical (unpaired) electrons. The number of carbonyl (C=O) groups excluding carboxylic acids is 1. The van der Waals surface area contributed by atoms with E-state index in [-0.39, 0.29) is 11.8 Å². The maximum absolute atomic E-state index is 12.2. The number of nitrogens with zero attached hydrogens (tertiary/aromatic N) is 3. The highest BCUT2D eigenvalue weighted by Gasteiger charge is 2.24. The molecule has 1 aromatic rings. The van der Waals surface area contributed by atoms with Crippen LogP contribution in [0.25, 0.3) is 0 Å². The first kappa shape index (κ1) is 12.1. The number of aryl methyl sites for hydroxylation is 1. The lowest BCUT2D eigenvalue weighted by atomic mass is 9.88. The van der Waals surface area contributed by atoms with Crippen LogP contribution in [0.1, 0.15) is 37.8 Å². The second-order valence-electron chi connectivity index (χ2n) is 5.01. The molecule has 0 saturated heterocycles. The van der Waals surface area contributed by atoms with E-state index in [9.17, 15) is 4.79 Å². The molecule has 4 nitrogen and oxygen atoms in total. The van der Waals surface area contributed by atoms with E-state index < -0.39 is 0 Å². The number of rotatable bonds is 3. The number of hydrogen-bond donors (Lipinski definition) is 0. The van der Waals surface area contributed by atoms with Crippen LogP contribution in [0, 0.1) is 5.92 Å². The quantitative estimate of drug-likeness (QED) is 0.803. The molecule has 0 aromatic carbocycles. The van der Waals surface area contributed by atoms with Gasteiger partial charge >= 0.3 is 0 Å². The van der Waals surface area contributed by atoms with Crippen LogP contribution >= 0.6 is 0 Å². The molecule has 0 bridgehead atoms. The van der Waals surface area contributed by atoms with E-state index in [0.717, 1.165) is 18.5 Å². The van der Waals surface area contributed by atoms with Crippen molar-refractivity contribution in [2.45, 2.75) is 38.6 Å². The fraction of sp³-hybridized carbons (Fsp3) is 0.692. The maximum atomic E-state index is 12.2. The molecule has 1 amide bonds. The molecule has 94 valence electrons. The van der Waals surface area contributed by atoms with Crippen molar-refractivity contribution >= 4 is 5.91 Å². The van der Waals surface area contributed by atoms with Crippen molar-refractivity contribution < 1.29 is 4.79 Å². The molecule has 17 heavy (non-hydrogen) atoms. The smallest absolute Gasteiger partial charge is 0.225 e. The molecule has 1 fully saturated rings. The van der Waals surface area contributed by atoms with Crippen LogP contribution in [0.3, 0.4) is 0 Å². The minimum absolute atomic E-state index is 0.248. The van der Waals surface area contributed by atoms with Crippen molar-refractivity contribution in [3.05, 3.63) is 18.0 Å². The third-order valence-corrected chi connectivity index (χ3v) is 3.50. The van der Waals surface area contributed by atoms with Crippen LogP contribution in [0.5, 0.6) is 0 Å². The first-order chi connectivity index (χ1) is 8.16. The minimum Gasteiger partial charge on any atom is -0.340 e. The Bertz CT molecular complexity index is 380. The molecule has 2 rings (SSSR count). The highest BCUT2D eigenvalue weighted by Crippen LogP contribution is 2.25. The molecule has 0 aliphatic heterocycles. The Kier molecular flexibility index (Phi) is 3.82. The molecular weight excluding hydrogens is 214 g/mol. The predicted octanol–water partition coefficient (Wildman–Crippen LogP) is 1.96. The molecule has 1 heterocycles. The van der Waals surface area contributed by atoms with Gasteiger partial charge in [0.1, 0.15) is 0 Å². The Morgan fingerprint density at radius 3 is 2.76 bits per heavy atom. The summed E-state index contributed by atoms with van der Waals surface area (Å²) in [7, 11) is 3.78. The number of carbonyl (C=O) groups is 1. The first-order valence-electron chi connectivity index (χ1n) is 6.40. The van der Waals surface area contributed by atoms with E-state index in [0.29, 0.717) is 6.54 Å². The van der Waals surface area contributed by atoms with Crippen LogP contribution in [-0.4, -0.2) is 27.6 Å². The lowest BCUT2D eigenvalue weighted by molar-refractivity contribution is -0.135. The predicted molar refractivity (Wildman–Crippen MR) is 66.3 cm³/mol. The van der Waals surface area contributed by atoms with Gasteiger partial charge in [-0.3, -0.25) is 9.48 Å². The van der Waals surface area contributed by atoms with Crippen molar-refractivity contribution in [1.29, 1.82) is 0 Å². The topological polar surface area (TPSA) is 38.1 Å². The lowest BCUT2D eigenvalue weighted by Crippen LogP contribution is -2.33. The molecule has 1 aliphatic carbocycles. The molecule has 1 saturated carbocycles. The third kappa shape index (κ3) is 3.08. The van der Waals surface area contributed by atoms with Gasteiger partial charge in [0.2, 0.25) is 5.91 Å². The number of hydrogen-bond acceptors (Lipinski definition) is 2. The number of aromatic nitrogens is 2. The maximum Gasteiger partial charge on any atom is 0.225 e. The van der Waals surface area contributed by atoms with Crippen LogP contribution in [0.2, 0.25) is 0 Å². The zero-order valence-electron chi connectivity index (χ0n) is 10.7. The van der Waals surface area contributed by atoms with Crippen molar-refractivity contribution in [1.82, 2.24) is 14.7 Å². The molecular formula is C13H21N3O. The Morgan fingerprint density at radius 1 is 1.47 bits per heavy atom. The summed E-state index contributed by atoms with van der Waals surface area (Å²) in [5.74, 6) is 0.535. The number of amides is 1. The van der Waals surface area contributed by atoms with Gasteiger partial charge in [0.25, 0.3) is 0 Å². The van der Waals surface area contributed by atoms with E-state index in [1.54, 1.807) is 4.68 Å². The third-order valence-electron chi connectivity index (χ3n) is 3.50. The molecule has 0 spiro atoms. The van der Waals surface area contributed by atoms with Crippen LogP contribution in [0.4, 0.5) is 0 Å². The summed E-state index contributed by atoms with van der Waals surface area (Å²) in [4.78, 5) is 14.0. The van der Waals surface area contributed by atoms with Gasteiger partial charge < -0.3 is 4.90 Å². The Balaban J connectivity index is 1.90.